The first kappa shape index (κ1) is 15.7. The summed E-state index contributed by atoms with van der Waals surface area (Å²) >= 11 is 5.82. The fourth-order valence-corrected chi connectivity index (χ4v) is 1.91. The number of carboxylic acid groups (broad SMARTS) is 1. The normalized spacial score (nSPS) is 10.3. The molecule has 1 aromatic heterocycles. The average molecular weight is 322 g/mol. The summed E-state index contributed by atoms with van der Waals surface area (Å²) in [6.45, 7) is 1.08. The van der Waals surface area contributed by atoms with Gasteiger partial charge in [0.2, 0.25) is 5.43 Å². The minimum absolute atomic E-state index is 0.373. The number of benzene rings is 1. The topological polar surface area (TPSA) is 101 Å². The number of hydrogen-bond acceptors (Lipinski definition) is 4. The second-order valence-corrected chi connectivity index (χ2v) is 4.90. The highest BCUT2D eigenvalue weighted by Gasteiger charge is 2.15. The van der Waals surface area contributed by atoms with Gasteiger partial charge in [-0.3, -0.25) is 14.4 Å². The molecule has 0 aliphatic heterocycles. The van der Waals surface area contributed by atoms with Crippen LogP contribution >= 0.6 is 11.6 Å². The molecule has 0 unspecified atom stereocenters. The maximum Gasteiger partial charge on any atom is 0.322 e. The van der Waals surface area contributed by atoms with Gasteiger partial charge in [-0.15, -0.1) is 0 Å². The zero-order valence-corrected chi connectivity index (χ0v) is 12.3. The van der Waals surface area contributed by atoms with Crippen molar-refractivity contribution in [2.75, 3.05) is 6.54 Å². The van der Waals surface area contributed by atoms with Crippen molar-refractivity contribution in [1.82, 2.24) is 15.1 Å². The molecule has 0 radical (unpaired) electrons. The van der Waals surface area contributed by atoms with Crippen molar-refractivity contribution in [1.29, 1.82) is 0 Å². The summed E-state index contributed by atoms with van der Waals surface area (Å²) in [6.07, 6.45) is 0. The molecule has 1 aromatic carbocycles. The van der Waals surface area contributed by atoms with Gasteiger partial charge in [0.25, 0.3) is 5.91 Å². The molecular weight excluding hydrogens is 310 g/mol. The molecule has 114 valence electrons. The summed E-state index contributed by atoms with van der Waals surface area (Å²) in [6, 6.07) is 7.94. The molecule has 0 aliphatic carbocycles. The second-order valence-electron chi connectivity index (χ2n) is 4.46. The lowest BCUT2D eigenvalue weighted by Gasteiger charge is -2.11. The molecular formula is C14H12ClN3O4. The van der Waals surface area contributed by atoms with Gasteiger partial charge in [-0.05, 0) is 31.2 Å². The van der Waals surface area contributed by atoms with Crippen LogP contribution in [-0.2, 0) is 4.79 Å². The van der Waals surface area contributed by atoms with Crippen LogP contribution < -0.4 is 10.7 Å². The van der Waals surface area contributed by atoms with Gasteiger partial charge in [0.1, 0.15) is 6.54 Å². The predicted molar refractivity (Wildman–Crippen MR) is 79.6 cm³/mol. The molecule has 7 nitrogen and oxygen atoms in total. The van der Waals surface area contributed by atoms with E-state index in [0.29, 0.717) is 16.4 Å². The van der Waals surface area contributed by atoms with Crippen molar-refractivity contribution < 1.29 is 14.7 Å². The van der Waals surface area contributed by atoms with Crippen LogP contribution in [0.1, 0.15) is 16.2 Å². The van der Waals surface area contributed by atoms with Gasteiger partial charge in [0.05, 0.1) is 5.69 Å². The number of carboxylic acids is 1. The van der Waals surface area contributed by atoms with Crippen LogP contribution in [0.25, 0.3) is 5.69 Å². The zero-order chi connectivity index (χ0) is 16.3. The Balaban J connectivity index is 2.42. The van der Waals surface area contributed by atoms with E-state index < -0.39 is 23.9 Å². The lowest BCUT2D eigenvalue weighted by atomic mass is 10.2. The van der Waals surface area contributed by atoms with Crippen LogP contribution in [0.2, 0.25) is 5.02 Å². The molecule has 1 heterocycles. The Morgan fingerprint density at radius 2 is 1.95 bits per heavy atom. The first-order chi connectivity index (χ1) is 10.4. The van der Waals surface area contributed by atoms with Crippen molar-refractivity contribution >= 4 is 23.5 Å². The highest BCUT2D eigenvalue weighted by Crippen LogP contribution is 2.13. The van der Waals surface area contributed by atoms with Gasteiger partial charge in [-0.2, -0.15) is 5.10 Å². The third-order valence-electron chi connectivity index (χ3n) is 2.79. The summed E-state index contributed by atoms with van der Waals surface area (Å²) in [7, 11) is 0. The second kappa shape index (κ2) is 6.40. The number of nitrogens with zero attached hydrogens (tertiary/aromatic N) is 2. The number of hydrogen-bond donors (Lipinski definition) is 2. The SMILES string of the molecule is Cc1cc(=O)c(C(=O)NCC(=O)O)nn1-c1ccc(Cl)cc1. The quantitative estimate of drug-likeness (QED) is 0.875. The van der Waals surface area contributed by atoms with Crippen molar-refractivity contribution in [3.63, 3.8) is 0 Å². The monoisotopic (exact) mass is 321 g/mol. The number of halogens is 1. The van der Waals surface area contributed by atoms with E-state index in [1.165, 1.54) is 10.7 Å². The number of nitrogens with one attached hydrogen (secondary N) is 1. The summed E-state index contributed by atoms with van der Waals surface area (Å²) < 4.78 is 1.41. The molecule has 0 saturated heterocycles. The Morgan fingerprint density at radius 1 is 1.32 bits per heavy atom. The van der Waals surface area contributed by atoms with Crippen molar-refractivity contribution in [2.24, 2.45) is 0 Å². The van der Waals surface area contributed by atoms with Crippen LogP contribution in [0.4, 0.5) is 0 Å². The number of aliphatic carboxylic acids is 1. The van der Waals surface area contributed by atoms with Gasteiger partial charge in [0, 0.05) is 16.8 Å². The van der Waals surface area contributed by atoms with E-state index in [9.17, 15) is 14.4 Å². The number of amides is 1. The maximum absolute atomic E-state index is 11.9. The highest BCUT2D eigenvalue weighted by molar-refractivity contribution is 6.30. The van der Waals surface area contributed by atoms with Gasteiger partial charge >= 0.3 is 5.97 Å². The molecule has 0 aliphatic rings. The minimum atomic E-state index is -1.21. The summed E-state index contributed by atoms with van der Waals surface area (Å²) in [5, 5.41) is 15.2. The molecule has 1 amide bonds. The number of aromatic nitrogens is 2. The van der Waals surface area contributed by atoms with E-state index >= 15 is 0 Å². The smallest absolute Gasteiger partial charge is 0.322 e. The van der Waals surface area contributed by atoms with E-state index in [1.54, 1.807) is 31.2 Å². The molecule has 0 spiro atoms. The van der Waals surface area contributed by atoms with E-state index in [0.717, 1.165) is 0 Å². The molecule has 0 atom stereocenters. The fraction of sp³-hybridized carbons (Fsp3) is 0.143. The number of aryl methyl sites for hydroxylation is 1. The van der Waals surface area contributed by atoms with Crippen molar-refractivity contribution in [2.45, 2.75) is 6.92 Å². The van der Waals surface area contributed by atoms with Crippen LogP contribution in [0.3, 0.4) is 0 Å². The molecule has 22 heavy (non-hydrogen) atoms. The van der Waals surface area contributed by atoms with Gasteiger partial charge in [0.15, 0.2) is 5.69 Å². The Hall–Kier alpha value is -2.67. The Kier molecular flexibility index (Phi) is 4.57. The molecule has 0 bridgehead atoms. The largest absolute Gasteiger partial charge is 0.480 e. The van der Waals surface area contributed by atoms with Gasteiger partial charge in [-0.25, -0.2) is 4.68 Å². The predicted octanol–water partition coefficient (Wildman–Crippen LogP) is 1.01. The zero-order valence-electron chi connectivity index (χ0n) is 11.5. The summed E-state index contributed by atoms with van der Waals surface area (Å²) in [5.41, 5.74) is 0.198. The lowest BCUT2D eigenvalue weighted by molar-refractivity contribution is -0.135. The van der Waals surface area contributed by atoms with Crippen LogP contribution in [0.15, 0.2) is 35.1 Å². The molecule has 0 fully saturated rings. The van der Waals surface area contributed by atoms with E-state index in [-0.39, 0.29) is 5.69 Å². The molecule has 2 rings (SSSR count). The third kappa shape index (κ3) is 3.50. The molecule has 2 aromatic rings. The Labute approximate surface area is 130 Å². The standard InChI is InChI=1S/C14H12ClN3O4/c1-8-6-11(19)13(14(22)16-7-12(20)21)17-18(8)10-4-2-9(15)3-5-10/h2-6H,7H2,1H3,(H,16,22)(H,20,21). The average Bonchev–Trinajstić information content (AvgIpc) is 2.46. The van der Waals surface area contributed by atoms with Crippen LogP contribution in [-0.4, -0.2) is 33.3 Å². The van der Waals surface area contributed by atoms with Gasteiger partial charge < -0.3 is 10.4 Å². The minimum Gasteiger partial charge on any atom is -0.480 e. The van der Waals surface area contributed by atoms with E-state index in [1.807, 2.05) is 0 Å². The number of carbonyl (C=O) groups excluding carboxylic acids is 1. The number of carbonyl (C=O) groups is 2. The van der Waals surface area contributed by atoms with Gasteiger partial charge in [-0.1, -0.05) is 11.6 Å². The van der Waals surface area contributed by atoms with Crippen molar-refractivity contribution in [3.8, 4) is 5.69 Å². The van der Waals surface area contributed by atoms with Crippen LogP contribution in [0.5, 0.6) is 0 Å². The summed E-state index contributed by atoms with van der Waals surface area (Å²) in [5.74, 6) is -2.05. The number of rotatable bonds is 4. The van der Waals surface area contributed by atoms with E-state index in [4.69, 9.17) is 16.7 Å². The molecule has 2 N–H and O–H groups in total. The Bertz CT molecular complexity index is 784. The summed E-state index contributed by atoms with van der Waals surface area (Å²) in [4.78, 5) is 34.2. The lowest BCUT2D eigenvalue weighted by Crippen LogP contribution is -2.35. The van der Waals surface area contributed by atoms with Crippen LogP contribution in [0, 0.1) is 6.92 Å². The molecule has 0 saturated carbocycles. The third-order valence-corrected chi connectivity index (χ3v) is 3.05. The van der Waals surface area contributed by atoms with Crippen molar-refractivity contribution in [3.05, 3.63) is 57.0 Å². The first-order valence-electron chi connectivity index (χ1n) is 6.25. The first-order valence-corrected chi connectivity index (χ1v) is 6.63. The maximum atomic E-state index is 11.9. The molecule has 8 heteroatoms. The Morgan fingerprint density at radius 3 is 2.55 bits per heavy atom. The fourth-order valence-electron chi connectivity index (χ4n) is 1.79. The highest BCUT2D eigenvalue weighted by atomic mass is 35.5. The van der Waals surface area contributed by atoms with E-state index in [2.05, 4.69) is 10.4 Å².